The van der Waals surface area contributed by atoms with Crippen LogP contribution in [0.25, 0.3) is 0 Å². The Labute approximate surface area is 122 Å². The first-order chi connectivity index (χ1) is 9.79. The highest BCUT2D eigenvalue weighted by Crippen LogP contribution is 2.21. The second kappa shape index (κ2) is 7.74. The maximum atomic E-state index is 5.69. The molecule has 1 nitrogen and oxygen atoms in total. The van der Waals surface area contributed by atoms with Gasteiger partial charge in [-0.25, -0.2) is 0 Å². The summed E-state index contributed by atoms with van der Waals surface area (Å²) in [4.78, 5) is 0. The van der Waals surface area contributed by atoms with Crippen molar-refractivity contribution in [2.75, 3.05) is 6.61 Å². The van der Waals surface area contributed by atoms with Crippen LogP contribution in [0, 0.1) is 0 Å². The lowest BCUT2D eigenvalue weighted by Gasteiger charge is -2.12. The van der Waals surface area contributed by atoms with Crippen molar-refractivity contribution < 1.29 is 4.74 Å². The summed E-state index contributed by atoms with van der Waals surface area (Å²) in [6, 6.07) is 19.2. The van der Waals surface area contributed by atoms with Gasteiger partial charge in [0.05, 0.1) is 6.61 Å². The predicted octanol–water partition coefficient (Wildman–Crippen LogP) is 5.21. The maximum Gasteiger partial charge on any atom is 0.119 e. The molecule has 0 bridgehead atoms. The second-order valence-corrected chi connectivity index (χ2v) is 5.36. The van der Waals surface area contributed by atoms with Gasteiger partial charge in [-0.15, -0.1) is 0 Å². The molecule has 2 rings (SSSR count). The van der Waals surface area contributed by atoms with Crippen molar-refractivity contribution in [3.63, 3.8) is 0 Å². The van der Waals surface area contributed by atoms with E-state index in [2.05, 4.69) is 68.4 Å². The van der Waals surface area contributed by atoms with E-state index in [1.807, 2.05) is 0 Å². The third kappa shape index (κ3) is 4.41. The first kappa shape index (κ1) is 14.6. The van der Waals surface area contributed by atoms with Crippen molar-refractivity contribution >= 4 is 0 Å². The van der Waals surface area contributed by atoms with Gasteiger partial charge >= 0.3 is 0 Å². The molecule has 0 aliphatic heterocycles. The number of ether oxygens (including phenoxy) is 1. The molecule has 0 radical (unpaired) electrons. The molecule has 2 aromatic carbocycles. The summed E-state index contributed by atoms with van der Waals surface area (Å²) < 4.78 is 5.69. The Bertz CT molecular complexity index is 487. The summed E-state index contributed by atoms with van der Waals surface area (Å²) in [6.45, 7) is 5.27. The average molecular weight is 268 g/mol. The fourth-order valence-electron chi connectivity index (χ4n) is 2.31. The molecule has 0 aliphatic carbocycles. The van der Waals surface area contributed by atoms with Gasteiger partial charge in [0, 0.05) is 0 Å². The SMILES string of the molecule is CCCCOc1ccc(CC(C)c2ccccc2)cc1. The third-order valence-corrected chi connectivity index (χ3v) is 3.60. The zero-order valence-corrected chi connectivity index (χ0v) is 12.5. The van der Waals surface area contributed by atoms with Crippen molar-refractivity contribution in [2.45, 2.75) is 39.0 Å². The van der Waals surface area contributed by atoms with E-state index in [-0.39, 0.29) is 0 Å². The number of benzene rings is 2. The largest absolute Gasteiger partial charge is 0.494 e. The molecule has 1 unspecified atom stereocenters. The van der Waals surface area contributed by atoms with E-state index in [0.717, 1.165) is 25.2 Å². The molecule has 0 aromatic heterocycles. The zero-order valence-electron chi connectivity index (χ0n) is 12.5. The van der Waals surface area contributed by atoms with E-state index < -0.39 is 0 Å². The minimum Gasteiger partial charge on any atom is -0.494 e. The molecule has 2 aromatic rings. The van der Waals surface area contributed by atoms with E-state index >= 15 is 0 Å². The molecule has 0 amide bonds. The second-order valence-electron chi connectivity index (χ2n) is 5.36. The van der Waals surface area contributed by atoms with Crippen LogP contribution in [0.3, 0.4) is 0 Å². The lowest BCUT2D eigenvalue weighted by molar-refractivity contribution is 0.309. The predicted molar refractivity (Wildman–Crippen MR) is 85.4 cm³/mol. The number of unbranched alkanes of at least 4 members (excludes halogenated alkanes) is 1. The molecule has 0 fully saturated rings. The van der Waals surface area contributed by atoms with Gasteiger partial charge in [0.15, 0.2) is 0 Å². The highest BCUT2D eigenvalue weighted by molar-refractivity contribution is 5.29. The Morgan fingerprint density at radius 3 is 2.30 bits per heavy atom. The first-order valence-electron chi connectivity index (χ1n) is 7.56. The van der Waals surface area contributed by atoms with E-state index in [1.165, 1.54) is 17.5 Å². The van der Waals surface area contributed by atoms with Crippen LogP contribution < -0.4 is 4.74 Å². The molecule has 0 saturated heterocycles. The van der Waals surface area contributed by atoms with Crippen molar-refractivity contribution in [3.8, 4) is 5.75 Å². The van der Waals surface area contributed by atoms with E-state index in [9.17, 15) is 0 Å². The minimum atomic E-state index is 0.544. The summed E-state index contributed by atoms with van der Waals surface area (Å²) in [5.41, 5.74) is 2.76. The molecule has 0 heterocycles. The van der Waals surface area contributed by atoms with E-state index in [1.54, 1.807) is 0 Å². The van der Waals surface area contributed by atoms with Gasteiger partial charge in [-0.3, -0.25) is 0 Å². The summed E-state index contributed by atoms with van der Waals surface area (Å²) in [7, 11) is 0. The maximum absolute atomic E-state index is 5.69. The van der Waals surface area contributed by atoms with Crippen LogP contribution in [0.1, 0.15) is 43.7 Å². The van der Waals surface area contributed by atoms with Gasteiger partial charge in [0.2, 0.25) is 0 Å². The highest BCUT2D eigenvalue weighted by Gasteiger charge is 2.06. The molecule has 0 spiro atoms. The fraction of sp³-hybridized carbons (Fsp3) is 0.368. The van der Waals surface area contributed by atoms with Crippen LogP contribution in [0.15, 0.2) is 54.6 Å². The lowest BCUT2D eigenvalue weighted by Crippen LogP contribution is -1.99. The normalized spacial score (nSPS) is 12.1. The van der Waals surface area contributed by atoms with Gasteiger partial charge in [-0.2, -0.15) is 0 Å². The molecular formula is C19H24O. The zero-order chi connectivity index (χ0) is 14.2. The molecule has 1 atom stereocenters. The minimum absolute atomic E-state index is 0.544. The Morgan fingerprint density at radius 1 is 0.950 bits per heavy atom. The van der Waals surface area contributed by atoms with Crippen LogP contribution in [-0.2, 0) is 6.42 Å². The first-order valence-corrected chi connectivity index (χ1v) is 7.56. The van der Waals surface area contributed by atoms with Gasteiger partial charge in [0.1, 0.15) is 5.75 Å². The molecule has 1 heteroatoms. The monoisotopic (exact) mass is 268 g/mol. The molecule has 106 valence electrons. The molecule has 0 aliphatic rings. The third-order valence-electron chi connectivity index (χ3n) is 3.60. The van der Waals surface area contributed by atoms with Crippen molar-refractivity contribution in [1.29, 1.82) is 0 Å². The van der Waals surface area contributed by atoms with E-state index in [0.29, 0.717) is 5.92 Å². The number of hydrogen-bond acceptors (Lipinski definition) is 1. The molecule has 20 heavy (non-hydrogen) atoms. The molecule has 0 saturated carbocycles. The quantitative estimate of drug-likeness (QED) is 0.626. The summed E-state index contributed by atoms with van der Waals surface area (Å²) in [5.74, 6) is 1.53. The van der Waals surface area contributed by atoms with Crippen LogP contribution in [-0.4, -0.2) is 6.61 Å². The van der Waals surface area contributed by atoms with Gasteiger partial charge < -0.3 is 4.74 Å². The Kier molecular flexibility index (Phi) is 5.67. The fourth-order valence-corrected chi connectivity index (χ4v) is 2.31. The standard InChI is InChI=1S/C19H24O/c1-3-4-14-20-19-12-10-17(11-13-19)15-16(2)18-8-6-5-7-9-18/h5-13,16H,3-4,14-15H2,1-2H3. The Morgan fingerprint density at radius 2 is 1.65 bits per heavy atom. The Hall–Kier alpha value is -1.76. The average Bonchev–Trinajstić information content (AvgIpc) is 2.50. The number of hydrogen-bond donors (Lipinski definition) is 0. The van der Waals surface area contributed by atoms with Crippen molar-refractivity contribution in [1.82, 2.24) is 0 Å². The van der Waals surface area contributed by atoms with Crippen LogP contribution in [0.4, 0.5) is 0 Å². The summed E-state index contributed by atoms with van der Waals surface area (Å²) in [5, 5.41) is 0. The van der Waals surface area contributed by atoms with Crippen LogP contribution in [0.5, 0.6) is 5.75 Å². The number of rotatable bonds is 7. The smallest absolute Gasteiger partial charge is 0.119 e. The van der Waals surface area contributed by atoms with Gasteiger partial charge in [-0.1, -0.05) is 62.7 Å². The highest BCUT2D eigenvalue weighted by atomic mass is 16.5. The topological polar surface area (TPSA) is 9.23 Å². The summed E-state index contributed by atoms with van der Waals surface area (Å²) >= 11 is 0. The lowest BCUT2D eigenvalue weighted by atomic mass is 9.94. The summed E-state index contributed by atoms with van der Waals surface area (Å²) in [6.07, 6.45) is 3.36. The molecular weight excluding hydrogens is 244 g/mol. The van der Waals surface area contributed by atoms with Crippen molar-refractivity contribution in [2.24, 2.45) is 0 Å². The van der Waals surface area contributed by atoms with Gasteiger partial charge in [-0.05, 0) is 42.0 Å². The van der Waals surface area contributed by atoms with Crippen LogP contribution >= 0.6 is 0 Å². The molecule has 0 N–H and O–H groups in total. The van der Waals surface area contributed by atoms with E-state index in [4.69, 9.17) is 4.74 Å². The Balaban J connectivity index is 1.90. The van der Waals surface area contributed by atoms with Gasteiger partial charge in [0.25, 0.3) is 0 Å². The van der Waals surface area contributed by atoms with Crippen molar-refractivity contribution in [3.05, 3.63) is 65.7 Å². The van der Waals surface area contributed by atoms with Crippen LogP contribution in [0.2, 0.25) is 0 Å².